The zero-order valence-corrected chi connectivity index (χ0v) is 16.8. The van der Waals surface area contributed by atoms with Crippen molar-refractivity contribution >= 4 is 46.0 Å². The van der Waals surface area contributed by atoms with Gasteiger partial charge in [0, 0.05) is 42.7 Å². The normalized spacial score (nSPS) is 16.2. The Labute approximate surface area is 160 Å². The lowest BCUT2D eigenvalue weighted by atomic mass is 10.0. The van der Waals surface area contributed by atoms with E-state index in [1.165, 1.54) is 17.1 Å². The minimum Gasteiger partial charge on any atom is -0.376 e. The maximum atomic E-state index is 6.09. The summed E-state index contributed by atoms with van der Waals surface area (Å²) >= 11 is 9.42. The fourth-order valence-electron chi connectivity index (χ4n) is 3.65. The standard InChI is InChI=1S/C18H19ClN4S2/c1-5-11-14(22(3)4)15-12(17-21-13(19)9-25-17)6-7-23(15)16(11)18-20-10(2)8-24-18/h5,8-9,12H,1,6-7H2,2-4H3. The van der Waals surface area contributed by atoms with Crippen molar-refractivity contribution in [3.05, 3.63) is 44.5 Å². The van der Waals surface area contributed by atoms with Crippen LogP contribution in [0.4, 0.5) is 5.69 Å². The van der Waals surface area contributed by atoms with Gasteiger partial charge in [-0.3, -0.25) is 0 Å². The molecule has 0 N–H and O–H groups in total. The van der Waals surface area contributed by atoms with Gasteiger partial charge < -0.3 is 9.47 Å². The molecule has 1 unspecified atom stereocenters. The van der Waals surface area contributed by atoms with Crippen molar-refractivity contribution in [3.63, 3.8) is 0 Å². The minimum atomic E-state index is 0.267. The lowest BCUT2D eigenvalue weighted by molar-refractivity contribution is 0.722. The van der Waals surface area contributed by atoms with Crippen LogP contribution in [-0.4, -0.2) is 28.6 Å². The summed E-state index contributed by atoms with van der Waals surface area (Å²) in [6.45, 7) is 7.08. The summed E-state index contributed by atoms with van der Waals surface area (Å²) in [5.41, 5.74) is 5.90. The van der Waals surface area contributed by atoms with Crippen molar-refractivity contribution in [2.75, 3.05) is 19.0 Å². The van der Waals surface area contributed by atoms with Gasteiger partial charge in [-0.1, -0.05) is 24.3 Å². The Hall–Kier alpha value is -1.63. The van der Waals surface area contributed by atoms with Crippen LogP contribution in [0.3, 0.4) is 0 Å². The van der Waals surface area contributed by atoms with Gasteiger partial charge in [-0.15, -0.1) is 22.7 Å². The highest BCUT2D eigenvalue weighted by atomic mass is 35.5. The molecule has 3 aromatic rings. The molecule has 0 bridgehead atoms. The molecule has 3 aromatic heterocycles. The highest BCUT2D eigenvalue weighted by Gasteiger charge is 2.36. The molecule has 0 radical (unpaired) electrons. The molecule has 0 fully saturated rings. The molecule has 4 rings (SSSR count). The molecule has 1 atom stereocenters. The summed E-state index contributed by atoms with van der Waals surface area (Å²) in [6.07, 6.45) is 2.99. The van der Waals surface area contributed by atoms with Crippen molar-refractivity contribution in [2.24, 2.45) is 0 Å². The van der Waals surface area contributed by atoms with Gasteiger partial charge in [0.15, 0.2) is 0 Å². The summed E-state index contributed by atoms with van der Waals surface area (Å²) in [5.74, 6) is 0.267. The van der Waals surface area contributed by atoms with Crippen LogP contribution in [0.5, 0.6) is 0 Å². The van der Waals surface area contributed by atoms with Gasteiger partial charge in [0.25, 0.3) is 0 Å². The van der Waals surface area contributed by atoms with Crippen LogP contribution in [-0.2, 0) is 6.54 Å². The van der Waals surface area contributed by atoms with Crippen LogP contribution in [0, 0.1) is 6.92 Å². The number of anilines is 1. The molecule has 0 saturated heterocycles. The number of aryl methyl sites for hydroxylation is 1. The SMILES string of the molecule is C=Cc1c(N(C)C)c2n(c1-c1nc(C)cs1)CCC2c1nc(Cl)cs1. The summed E-state index contributed by atoms with van der Waals surface area (Å²) in [4.78, 5) is 11.5. The summed E-state index contributed by atoms with van der Waals surface area (Å²) in [7, 11) is 4.18. The first kappa shape index (κ1) is 16.8. The first-order chi connectivity index (χ1) is 12.0. The maximum Gasteiger partial charge on any atom is 0.140 e. The quantitative estimate of drug-likeness (QED) is 0.608. The highest BCUT2D eigenvalue weighted by molar-refractivity contribution is 7.13. The summed E-state index contributed by atoms with van der Waals surface area (Å²) < 4.78 is 2.41. The minimum absolute atomic E-state index is 0.267. The van der Waals surface area contributed by atoms with Crippen LogP contribution in [0.1, 0.15) is 34.3 Å². The molecule has 4 heterocycles. The average Bonchev–Trinajstić information content (AvgIpc) is 3.29. The third kappa shape index (κ3) is 2.63. The van der Waals surface area contributed by atoms with Gasteiger partial charge in [0.1, 0.15) is 15.2 Å². The third-order valence-corrected chi connectivity index (χ3v) is 6.80. The van der Waals surface area contributed by atoms with E-state index in [1.807, 2.05) is 18.4 Å². The van der Waals surface area contributed by atoms with E-state index < -0.39 is 0 Å². The molecule has 0 spiro atoms. The molecular weight excluding hydrogens is 372 g/mol. The second kappa shape index (κ2) is 6.27. The maximum absolute atomic E-state index is 6.09. The number of fused-ring (bicyclic) bond motifs is 1. The van der Waals surface area contributed by atoms with Crippen molar-refractivity contribution in [3.8, 4) is 10.7 Å². The smallest absolute Gasteiger partial charge is 0.140 e. The summed E-state index contributed by atoms with van der Waals surface area (Å²) in [6, 6.07) is 0. The first-order valence-corrected chi connectivity index (χ1v) is 10.2. The predicted octanol–water partition coefficient (Wildman–Crippen LogP) is 5.27. The zero-order chi connectivity index (χ0) is 17.7. The van der Waals surface area contributed by atoms with Crippen molar-refractivity contribution < 1.29 is 0 Å². The van der Waals surface area contributed by atoms with E-state index in [1.54, 1.807) is 22.7 Å². The van der Waals surface area contributed by atoms with Crippen LogP contribution < -0.4 is 4.90 Å². The van der Waals surface area contributed by atoms with Gasteiger partial charge in [-0.25, -0.2) is 9.97 Å². The molecule has 0 aromatic carbocycles. The second-order valence-electron chi connectivity index (χ2n) is 6.39. The molecule has 130 valence electrons. The van der Waals surface area contributed by atoms with E-state index in [4.69, 9.17) is 16.6 Å². The Morgan fingerprint density at radius 2 is 2.12 bits per heavy atom. The van der Waals surface area contributed by atoms with Crippen LogP contribution in [0.25, 0.3) is 16.8 Å². The molecule has 1 aliphatic rings. The molecule has 1 aliphatic heterocycles. The number of rotatable bonds is 4. The molecule has 0 aliphatic carbocycles. The van der Waals surface area contributed by atoms with Crippen LogP contribution >= 0.6 is 34.3 Å². The lowest BCUT2D eigenvalue weighted by Gasteiger charge is -2.17. The van der Waals surface area contributed by atoms with E-state index in [-0.39, 0.29) is 5.92 Å². The molecule has 7 heteroatoms. The summed E-state index contributed by atoms with van der Waals surface area (Å²) in [5, 5.41) is 6.74. The molecule has 0 amide bonds. The van der Waals surface area contributed by atoms with E-state index in [0.717, 1.165) is 34.2 Å². The second-order valence-corrected chi connectivity index (χ2v) is 8.53. The first-order valence-electron chi connectivity index (χ1n) is 8.10. The molecule has 4 nitrogen and oxygen atoms in total. The van der Waals surface area contributed by atoms with E-state index in [0.29, 0.717) is 5.15 Å². The molecular formula is C18H19ClN4S2. The predicted molar refractivity (Wildman–Crippen MR) is 108 cm³/mol. The highest BCUT2D eigenvalue weighted by Crippen LogP contribution is 2.49. The Morgan fingerprint density at radius 1 is 1.32 bits per heavy atom. The fourth-order valence-corrected chi connectivity index (χ4v) is 5.60. The van der Waals surface area contributed by atoms with Gasteiger partial charge >= 0.3 is 0 Å². The monoisotopic (exact) mass is 390 g/mol. The Morgan fingerprint density at radius 3 is 2.68 bits per heavy atom. The average molecular weight is 391 g/mol. The number of hydrogen-bond donors (Lipinski definition) is 0. The number of halogens is 1. The van der Waals surface area contributed by atoms with E-state index in [9.17, 15) is 0 Å². The van der Waals surface area contributed by atoms with Crippen molar-refractivity contribution in [1.82, 2.24) is 14.5 Å². The van der Waals surface area contributed by atoms with Gasteiger partial charge in [0.05, 0.1) is 23.0 Å². The number of aromatic nitrogens is 3. The van der Waals surface area contributed by atoms with Crippen LogP contribution in [0.2, 0.25) is 5.15 Å². The van der Waals surface area contributed by atoms with Gasteiger partial charge in [-0.2, -0.15) is 0 Å². The molecule has 25 heavy (non-hydrogen) atoms. The molecule has 0 saturated carbocycles. The Bertz CT molecular complexity index is 951. The van der Waals surface area contributed by atoms with Crippen LogP contribution in [0.15, 0.2) is 17.3 Å². The van der Waals surface area contributed by atoms with Gasteiger partial charge in [0.2, 0.25) is 0 Å². The van der Waals surface area contributed by atoms with E-state index >= 15 is 0 Å². The number of thiazole rings is 2. The zero-order valence-electron chi connectivity index (χ0n) is 14.4. The lowest BCUT2D eigenvalue weighted by Crippen LogP contribution is -2.12. The fraction of sp³-hybridized carbons (Fsp3) is 0.333. The third-order valence-electron chi connectivity index (χ3n) is 4.55. The number of nitrogens with zero attached hydrogens (tertiary/aromatic N) is 4. The number of hydrogen-bond acceptors (Lipinski definition) is 5. The Kier molecular flexibility index (Phi) is 4.22. The van der Waals surface area contributed by atoms with Crippen molar-refractivity contribution in [2.45, 2.75) is 25.8 Å². The van der Waals surface area contributed by atoms with Gasteiger partial charge in [-0.05, 0) is 13.3 Å². The van der Waals surface area contributed by atoms with Crippen molar-refractivity contribution in [1.29, 1.82) is 0 Å². The Balaban J connectivity index is 1.97. The van der Waals surface area contributed by atoms with E-state index in [2.05, 4.69) is 40.5 Å². The topological polar surface area (TPSA) is 34.0 Å². The largest absolute Gasteiger partial charge is 0.376 e.